The number of methoxy groups -OCH3 is 1. The summed E-state index contributed by atoms with van der Waals surface area (Å²) in [6, 6.07) is 16.7. The Morgan fingerprint density at radius 3 is 2.62 bits per heavy atom. The Labute approximate surface area is 185 Å². The van der Waals surface area contributed by atoms with Gasteiger partial charge in [-0.15, -0.1) is 0 Å². The molecule has 8 nitrogen and oxygen atoms in total. The van der Waals surface area contributed by atoms with Crippen LogP contribution >= 0.6 is 0 Å². The topological polar surface area (TPSA) is 102 Å². The number of rotatable bonds is 9. The molecule has 3 aromatic heterocycles. The van der Waals surface area contributed by atoms with E-state index < -0.39 is 6.04 Å². The Morgan fingerprint density at radius 1 is 1.09 bits per heavy atom. The van der Waals surface area contributed by atoms with Crippen molar-refractivity contribution < 1.29 is 14.1 Å². The molecular formula is C24H23N5O3. The van der Waals surface area contributed by atoms with Crippen molar-refractivity contribution in [3.8, 4) is 17.0 Å². The van der Waals surface area contributed by atoms with Crippen molar-refractivity contribution in [1.82, 2.24) is 20.4 Å². The third-order valence-electron chi connectivity index (χ3n) is 4.94. The van der Waals surface area contributed by atoms with Gasteiger partial charge in [-0.2, -0.15) is 0 Å². The van der Waals surface area contributed by atoms with E-state index in [1.54, 1.807) is 24.7 Å². The molecule has 1 atom stereocenters. The van der Waals surface area contributed by atoms with Crippen molar-refractivity contribution in [1.29, 1.82) is 0 Å². The molecule has 2 N–H and O–H groups in total. The van der Waals surface area contributed by atoms with E-state index >= 15 is 0 Å². The van der Waals surface area contributed by atoms with Gasteiger partial charge in [0.15, 0.2) is 0 Å². The number of anilines is 1. The lowest BCUT2D eigenvalue weighted by Gasteiger charge is -2.19. The largest absolute Gasteiger partial charge is 0.480 e. The highest BCUT2D eigenvalue weighted by Crippen LogP contribution is 2.28. The molecule has 3 heterocycles. The van der Waals surface area contributed by atoms with Gasteiger partial charge >= 0.3 is 0 Å². The van der Waals surface area contributed by atoms with Crippen LogP contribution in [0.2, 0.25) is 0 Å². The van der Waals surface area contributed by atoms with Crippen LogP contribution in [-0.2, 0) is 17.8 Å². The van der Waals surface area contributed by atoms with E-state index in [0.717, 1.165) is 22.4 Å². The third-order valence-corrected chi connectivity index (χ3v) is 4.94. The number of hydrogen-bond acceptors (Lipinski definition) is 7. The standard InChI is InChI=1S/C24H23N5O3/c1-31-24-22(14-19(15-27-24)18-7-10-25-11-8-18)28-23(30)21(13-17-5-3-2-4-6-17)26-16-20-9-12-32-29-20/h2-12,14-15,21,26H,13,16H2,1H3,(H,28,30). The van der Waals surface area contributed by atoms with Crippen molar-refractivity contribution in [3.05, 3.63) is 90.7 Å². The fourth-order valence-corrected chi connectivity index (χ4v) is 3.29. The summed E-state index contributed by atoms with van der Waals surface area (Å²) in [5, 5.41) is 10.2. The molecule has 4 aromatic rings. The van der Waals surface area contributed by atoms with Gasteiger partial charge in [0.05, 0.1) is 18.8 Å². The van der Waals surface area contributed by atoms with Gasteiger partial charge in [-0.25, -0.2) is 4.98 Å². The van der Waals surface area contributed by atoms with Crippen LogP contribution in [0.3, 0.4) is 0 Å². The van der Waals surface area contributed by atoms with Gasteiger partial charge in [-0.3, -0.25) is 15.1 Å². The van der Waals surface area contributed by atoms with Crippen LogP contribution in [0.15, 0.2) is 84.0 Å². The summed E-state index contributed by atoms with van der Waals surface area (Å²) in [5.74, 6) is 0.135. The molecule has 0 fully saturated rings. The van der Waals surface area contributed by atoms with Crippen LogP contribution in [0.5, 0.6) is 5.88 Å². The van der Waals surface area contributed by atoms with E-state index in [1.165, 1.54) is 13.4 Å². The van der Waals surface area contributed by atoms with Crippen LogP contribution in [-0.4, -0.2) is 34.2 Å². The molecule has 0 spiro atoms. The minimum atomic E-state index is -0.511. The lowest BCUT2D eigenvalue weighted by Crippen LogP contribution is -2.42. The second-order valence-electron chi connectivity index (χ2n) is 7.12. The summed E-state index contributed by atoms with van der Waals surface area (Å²) in [7, 11) is 1.52. The number of benzene rings is 1. The van der Waals surface area contributed by atoms with Crippen molar-refractivity contribution in [3.63, 3.8) is 0 Å². The summed E-state index contributed by atoms with van der Waals surface area (Å²) in [5.41, 5.74) is 4.04. The van der Waals surface area contributed by atoms with Gasteiger partial charge in [0, 0.05) is 36.8 Å². The number of carbonyl (C=O) groups is 1. The Balaban J connectivity index is 1.56. The minimum absolute atomic E-state index is 0.204. The van der Waals surface area contributed by atoms with Crippen LogP contribution in [0.25, 0.3) is 11.1 Å². The maximum Gasteiger partial charge on any atom is 0.242 e. The van der Waals surface area contributed by atoms with Gasteiger partial charge < -0.3 is 14.6 Å². The van der Waals surface area contributed by atoms with Crippen molar-refractivity contribution >= 4 is 11.6 Å². The van der Waals surface area contributed by atoms with Gasteiger partial charge in [0.1, 0.15) is 12.0 Å². The second-order valence-corrected chi connectivity index (χ2v) is 7.12. The molecule has 1 aromatic carbocycles. The fraction of sp³-hybridized carbons (Fsp3) is 0.167. The first-order valence-corrected chi connectivity index (χ1v) is 10.1. The van der Waals surface area contributed by atoms with Gasteiger partial charge in [-0.05, 0) is 35.7 Å². The molecule has 1 amide bonds. The van der Waals surface area contributed by atoms with E-state index in [9.17, 15) is 4.79 Å². The third kappa shape index (κ3) is 5.35. The van der Waals surface area contributed by atoms with Gasteiger partial charge in [0.2, 0.25) is 11.8 Å². The zero-order valence-corrected chi connectivity index (χ0v) is 17.6. The van der Waals surface area contributed by atoms with E-state index in [1.807, 2.05) is 48.5 Å². The SMILES string of the molecule is COc1ncc(-c2ccncc2)cc1NC(=O)C(Cc1ccccc1)NCc1ccon1. The summed E-state index contributed by atoms with van der Waals surface area (Å²) < 4.78 is 10.3. The number of pyridine rings is 2. The molecule has 0 radical (unpaired) electrons. The number of nitrogens with zero attached hydrogens (tertiary/aromatic N) is 3. The molecule has 0 saturated carbocycles. The predicted octanol–water partition coefficient (Wildman–Crippen LogP) is 3.48. The van der Waals surface area contributed by atoms with Crippen LogP contribution < -0.4 is 15.4 Å². The quantitative estimate of drug-likeness (QED) is 0.420. The molecule has 0 bridgehead atoms. The number of nitrogens with one attached hydrogen (secondary N) is 2. The van der Waals surface area contributed by atoms with E-state index in [-0.39, 0.29) is 5.91 Å². The van der Waals surface area contributed by atoms with Gasteiger partial charge in [-0.1, -0.05) is 35.5 Å². The van der Waals surface area contributed by atoms with E-state index in [0.29, 0.717) is 24.5 Å². The lowest BCUT2D eigenvalue weighted by atomic mass is 10.0. The number of hydrogen-bond donors (Lipinski definition) is 2. The van der Waals surface area contributed by atoms with Crippen molar-refractivity contribution in [2.45, 2.75) is 19.0 Å². The maximum atomic E-state index is 13.3. The monoisotopic (exact) mass is 429 g/mol. The average Bonchev–Trinajstić information content (AvgIpc) is 3.36. The molecule has 8 heteroatoms. The van der Waals surface area contributed by atoms with Crippen LogP contribution in [0, 0.1) is 0 Å². The molecular weight excluding hydrogens is 406 g/mol. The molecule has 162 valence electrons. The number of carbonyl (C=O) groups excluding carboxylic acids is 1. The van der Waals surface area contributed by atoms with Crippen molar-refractivity contribution in [2.24, 2.45) is 0 Å². The van der Waals surface area contributed by atoms with Gasteiger partial charge in [0.25, 0.3) is 0 Å². The average molecular weight is 429 g/mol. The zero-order valence-electron chi connectivity index (χ0n) is 17.6. The summed E-state index contributed by atoms with van der Waals surface area (Å²) in [6.45, 7) is 0.397. The molecule has 4 rings (SSSR count). The number of aromatic nitrogens is 3. The van der Waals surface area contributed by atoms with Crippen LogP contribution in [0.1, 0.15) is 11.3 Å². The Hall–Kier alpha value is -4.04. The predicted molar refractivity (Wildman–Crippen MR) is 120 cm³/mol. The maximum absolute atomic E-state index is 13.3. The molecule has 1 unspecified atom stereocenters. The molecule has 0 aliphatic rings. The Morgan fingerprint density at radius 2 is 1.91 bits per heavy atom. The summed E-state index contributed by atoms with van der Waals surface area (Å²) >= 11 is 0. The lowest BCUT2D eigenvalue weighted by molar-refractivity contribution is -0.118. The van der Waals surface area contributed by atoms with E-state index in [2.05, 4.69) is 25.8 Å². The summed E-state index contributed by atoms with van der Waals surface area (Å²) in [6.07, 6.45) is 7.13. The Kier molecular flexibility index (Phi) is 6.84. The minimum Gasteiger partial charge on any atom is -0.480 e. The first-order valence-electron chi connectivity index (χ1n) is 10.1. The second kappa shape index (κ2) is 10.3. The first-order chi connectivity index (χ1) is 15.7. The van der Waals surface area contributed by atoms with E-state index in [4.69, 9.17) is 9.26 Å². The molecule has 32 heavy (non-hydrogen) atoms. The number of ether oxygens (including phenoxy) is 1. The highest BCUT2D eigenvalue weighted by molar-refractivity contribution is 5.96. The molecule has 0 aliphatic carbocycles. The first kappa shape index (κ1) is 21.2. The van der Waals surface area contributed by atoms with Crippen molar-refractivity contribution in [2.75, 3.05) is 12.4 Å². The highest BCUT2D eigenvalue weighted by Gasteiger charge is 2.21. The smallest absolute Gasteiger partial charge is 0.242 e. The fourth-order valence-electron chi connectivity index (χ4n) is 3.29. The Bertz CT molecular complexity index is 1140. The molecule has 0 saturated heterocycles. The normalized spacial score (nSPS) is 11.7. The van der Waals surface area contributed by atoms with Crippen LogP contribution in [0.4, 0.5) is 5.69 Å². The number of amides is 1. The highest BCUT2D eigenvalue weighted by atomic mass is 16.5. The summed E-state index contributed by atoms with van der Waals surface area (Å²) in [4.78, 5) is 21.7. The zero-order chi connectivity index (χ0) is 22.2. The molecule has 0 aliphatic heterocycles.